The number of amides is 15. The molecular weight excluding hydrogens is 1680 g/mol. The molecular formula is C92H115N17O19S. The number of thioether (sulfide) groups is 1. The lowest BCUT2D eigenvalue weighted by molar-refractivity contribution is -0.151. The number of phenols is 2. The van der Waals surface area contributed by atoms with E-state index in [1.807, 2.05) is 6.92 Å². The monoisotopic (exact) mass is 1790 g/mol. The number of para-hydroxylation sites is 1. The summed E-state index contributed by atoms with van der Waals surface area (Å²) in [6.45, 7) is 2.72. The molecule has 15 amide bonds. The van der Waals surface area contributed by atoms with Gasteiger partial charge in [0.2, 0.25) is 88.6 Å². The van der Waals surface area contributed by atoms with E-state index in [1.165, 1.54) is 80.5 Å². The Labute approximate surface area is 751 Å². The molecule has 9 rings (SSSR count). The third-order valence-corrected chi connectivity index (χ3v) is 23.6. The second kappa shape index (κ2) is 47.7. The Hall–Kier alpha value is -13.7. The Morgan fingerprint density at radius 3 is 1.66 bits per heavy atom. The van der Waals surface area contributed by atoms with Crippen molar-refractivity contribution in [3.05, 3.63) is 197 Å². The van der Waals surface area contributed by atoms with E-state index in [2.05, 4.69) is 52.8 Å². The Morgan fingerprint density at radius 2 is 1.04 bits per heavy atom. The van der Waals surface area contributed by atoms with Crippen LogP contribution in [0.2, 0.25) is 0 Å². The lowest BCUT2D eigenvalue weighted by atomic mass is 9.95. The van der Waals surface area contributed by atoms with Gasteiger partial charge in [-0.3, -0.25) is 76.7 Å². The van der Waals surface area contributed by atoms with Gasteiger partial charge in [-0.05, 0) is 95.8 Å². The summed E-state index contributed by atoms with van der Waals surface area (Å²) in [7, 11) is 5.27. The van der Waals surface area contributed by atoms with E-state index in [-0.39, 0.29) is 81.5 Å². The molecule has 6 aromatic carbocycles. The molecule has 0 saturated carbocycles. The number of aromatic hydroxyl groups is 2. The Balaban J connectivity index is 1.11. The first-order valence-electron chi connectivity index (χ1n) is 42.7. The highest BCUT2D eigenvalue weighted by atomic mass is 32.2. The van der Waals surface area contributed by atoms with E-state index in [0.29, 0.717) is 63.5 Å². The number of H-pyrrole nitrogens is 1. The first kappa shape index (κ1) is 99.1. The fourth-order valence-corrected chi connectivity index (χ4v) is 16.2. The van der Waals surface area contributed by atoms with Crippen molar-refractivity contribution in [2.75, 3.05) is 70.8 Å². The molecule has 11 atom stereocenters. The topological polar surface area (TPSA) is 526 Å². The van der Waals surface area contributed by atoms with Crippen LogP contribution < -0.4 is 64.2 Å². The van der Waals surface area contributed by atoms with Crippen LogP contribution in [-0.4, -0.2) is 267 Å². The molecule has 2 aliphatic heterocycles. The molecule has 0 aliphatic carbocycles. The molecule has 2 bridgehead atoms. The van der Waals surface area contributed by atoms with Crippen LogP contribution in [0.3, 0.4) is 0 Å². The van der Waals surface area contributed by atoms with E-state index in [1.54, 1.807) is 135 Å². The lowest BCUT2D eigenvalue weighted by Gasteiger charge is -2.37. The number of nitrogens with zero attached hydrogens (tertiary/aromatic N) is 5. The zero-order chi connectivity index (χ0) is 93.7. The lowest BCUT2D eigenvalue weighted by Crippen LogP contribution is -2.62. The summed E-state index contributed by atoms with van der Waals surface area (Å²) < 4.78 is 0. The summed E-state index contributed by atoms with van der Waals surface area (Å²) in [5.41, 5.74) is 15.0. The number of aromatic amines is 1. The number of aliphatic carboxylic acids is 1. The predicted molar refractivity (Wildman–Crippen MR) is 480 cm³/mol. The zero-order valence-electron chi connectivity index (χ0n) is 73.1. The van der Waals surface area contributed by atoms with Crippen LogP contribution in [0.4, 0.5) is 5.69 Å². The van der Waals surface area contributed by atoms with Crippen molar-refractivity contribution in [1.82, 2.24) is 72.4 Å². The van der Waals surface area contributed by atoms with Gasteiger partial charge in [-0.1, -0.05) is 161 Å². The predicted octanol–water partition coefficient (Wildman–Crippen LogP) is 1.30. The smallest absolute Gasteiger partial charge is 0.305 e. The number of fused-ring (bicyclic) bond motifs is 5. The van der Waals surface area contributed by atoms with Crippen molar-refractivity contribution in [2.45, 2.75) is 171 Å². The van der Waals surface area contributed by atoms with Crippen LogP contribution in [0, 0.1) is 5.92 Å². The number of nitrogens with two attached hydrogens (primary N) is 2. The number of carbonyl (C=O) groups excluding carboxylic acids is 15. The maximum absolute atomic E-state index is 15.5. The average molecular weight is 1800 g/mol. The summed E-state index contributed by atoms with van der Waals surface area (Å²) >= 11 is 0.818. The third-order valence-electron chi connectivity index (χ3n) is 22.5. The van der Waals surface area contributed by atoms with Crippen molar-refractivity contribution >= 4 is 123 Å². The fraction of sp³-hybridized carbons (Fsp3) is 0.413. The number of likely N-dealkylation sites (N-methyl/N-ethyl adjacent to an activating group) is 4. The van der Waals surface area contributed by atoms with Crippen LogP contribution in [0.5, 0.6) is 11.5 Å². The van der Waals surface area contributed by atoms with Crippen LogP contribution in [0.25, 0.3) is 10.9 Å². The second-order valence-corrected chi connectivity index (χ2v) is 33.6. The van der Waals surface area contributed by atoms with Crippen molar-refractivity contribution in [3.8, 4) is 11.5 Å². The number of hydrogen-bond donors (Lipinski definition) is 15. The minimum absolute atomic E-state index is 0.0289. The molecule has 0 spiro atoms. The molecule has 2 aliphatic rings. The number of rotatable bonds is 23. The summed E-state index contributed by atoms with van der Waals surface area (Å²) in [6.07, 6.45) is 0.575. The first-order chi connectivity index (χ1) is 61.6. The van der Waals surface area contributed by atoms with Crippen LogP contribution in [0.15, 0.2) is 164 Å². The average Bonchev–Trinajstić information content (AvgIpc) is 1.30. The SMILES string of the molecule is CCCC[C@H]1C(=O)N(C)CC(=O)N[C@@H](CC(=O)O)C(=O)N[C@@H](C(C)C)C(=O)N(C)[C@@H](Cc2ccccc2)C(=O)N[C@H]2Cc3ccc(O)cc3N(CC(=O)N[C@@H](Cc3c[nH]c4ccccc34)C(=O)NC(Cc3ccc(O)cc3)C(=O)N[C@@H](CCCCN)C(=O)N[C@H](C(=O)NCC(N)=O)CSCC(=O)N[C@@H](Cc3ccccc3)C(=O)N(C)[C@@H](Cc3ccccc3)C(=O)N1C)C2=O. The molecule has 7 aromatic rings. The summed E-state index contributed by atoms with van der Waals surface area (Å²) in [5, 5.41) is 56.2. The van der Waals surface area contributed by atoms with Gasteiger partial charge >= 0.3 is 5.97 Å². The van der Waals surface area contributed by atoms with E-state index in [0.717, 1.165) is 26.5 Å². The van der Waals surface area contributed by atoms with Crippen LogP contribution in [-0.2, 0) is 115 Å². The quantitative estimate of drug-likeness (QED) is 0.0401. The molecule has 17 N–H and O–H groups in total. The van der Waals surface area contributed by atoms with Crippen LogP contribution >= 0.6 is 11.8 Å². The molecule has 1 saturated heterocycles. The largest absolute Gasteiger partial charge is 0.508 e. The van der Waals surface area contributed by atoms with Crippen molar-refractivity contribution in [3.63, 3.8) is 0 Å². The van der Waals surface area contributed by atoms with Gasteiger partial charge < -0.3 is 104 Å². The first-order valence-corrected chi connectivity index (χ1v) is 43.9. The normalized spacial score (nSPS) is 22.1. The highest BCUT2D eigenvalue weighted by Crippen LogP contribution is 2.33. The molecule has 36 nitrogen and oxygen atoms in total. The molecule has 1 unspecified atom stereocenters. The number of carboxylic acid groups (broad SMARTS) is 1. The maximum Gasteiger partial charge on any atom is 0.305 e. The van der Waals surface area contributed by atoms with Crippen molar-refractivity contribution in [2.24, 2.45) is 17.4 Å². The van der Waals surface area contributed by atoms with E-state index in [4.69, 9.17) is 11.5 Å². The number of aromatic nitrogens is 1. The highest BCUT2D eigenvalue weighted by Gasteiger charge is 2.44. The number of carbonyl (C=O) groups is 16. The van der Waals surface area contributed by atoms with Gasteiger partial charge in [0.25, 0.3) is 0 Å². The molecule has 1 fully saturated rings. The molecule has 1 aromatic heterocycles. The Bertz CT molecular complexity index is 5140. The van der Waals surface area contributed by atoms with Gasteiger partial charge in [-0.25, -0.2) is 0 Å². The zero-order valence-corrected chi connectivity index (χ0v) is 73.9. The van der Waals surface area contributed by atoms with Crippen molar-refractivity contribution < 1.29 is 92.0 Å². The number of benzene rings is 6. The summed E-state index contributed by atoms with van der Waals surface area (Å²) in [4.78, 5) is 244. The molecule has 129 heavy (non-hydrogen) atoms. The van der Waals surface area contributed by atoms with Gasteiger partial charge in [-0.2, -0.15) is 0 Å². The minimum atomic E-state index is -1.90. The van der Waals surface area contributed by atoms with Gasteiger partial charge in [0.05, 0.1) is 31.0 Å². The van der Waals surface area contributed by atoms with Gasteiger partial charge in [0.15, 0.2) is 0 Å². The van der Waals surface area contributed by atoms with Gasteiger partial charge in [0.1, 0.15) is 84.5 Å². The molecule has 37 heteroatoms. The molecule has 3 heterocycles. The number of unbranched alkanes of at least 4 members (excludes halogenated alkanes) is 2. The van der Waals surface area contributed by atoms with Crippen LogP contribution in [0.1, 0.15) is 99.1 Å². The fourth-order valence-electron chi connectivity index (χ4n) is 15.4. The van der Waals surface area contributed by atoms with E-state index >= 15 is 43.2 Å². The third kappa shape index (κ3) is 28.4. The molecule has 688 valence electrons. The summed E-state index contributed by atoms with van der Waals surface area (Å²) in [5.74, 6) is -17.5. The minimum Gasteiger partial charge on any atom is -0.508 e. The summed E-state index contributed by atoms with van der Waals surface area (Å²) in [6, 6.07) is 25.5. The number of hydrogen-bond acceptors (Lipinski definition) is 20. The number of anilines is 1. The highest BCUT2D eigenvalue weighted by molar-refractivity contribution is 8.00. The van der Waals surface area contributed by atoms with Crippen molar-refractivity contribution in [1.29, 1.82) is 0 Å². The Kier molecular flexibility index (Phi) is 36.7. The number of carboxylic acids is 1. The van der Waals surface area contributed by atoms with E-state index in [9.17, 15) is 48.9 Å². The number of primary amides is 1. The van der Waals surface area contributed by atoms with Gasteiger partial charge in [-0.15, -0.1) is 11.8 Å². The molecule has 0 radical (unpaired) electrons. The second-order valence-electron chi connectivity index (χ2n) is 32.6. The van der Waals surface area contributed by atoms with Gasteiger partial charge in [0, 0.05) is 95.6 Å². The number of phenolic OH excluding ortho intramolecular Hbond substituents is 2. The van der Waals surface area contributed by atoms with E-state index < -0.39 is 205 Å². The number of nitrogens with one attached hydrogen (secondary N) is 10. The Morgan fingerprint density at radius 1 is 0.504 bits per heavy atom. The standard InChI is InChI=1S/C92H115N17O19S/c1-8-9-32-72-90(126)105(4)50-77(113)98-68(47-80(116)117)86(122)104-81(54(2)3)92(128)107(6)74(42-56-25-15-11-16-26-56)87(123)102-70-44-59-35-38-62(111)46-73(59)109(89(70)125)51-78(114)97-67(45-60-48-95-64-30-20-19-29-63(60)64)85(121)101-66(40-58-33-36-61(110)37-34-58)84(120)100-65(31-21-22-39-93)83(119)103-71(82(118)96-49-76(94)112)52-129-53-79(115)99-69(41-55-23-13-10-14-24-55)88(124)108(7)75(91(127)106(72)5)43-57-27-17-12-18-28-57/h10-20,23-30,33-38,46,48,54,65-72,74-75,81,95,110-111H,8-9,21-22,31-32,39-45,47,49-53,93H2,1-7H3,(H2,94,112)(H,96,118)(H,97,114)(H,98,113)(H,99,115)(H,100,120)(H,101,121)(H,102,123)(H,103,119)(H,104,122)(H,116,117)/t65-,66?,67-,68-,69-,70-,71-,72-,74-,75-,81-/m0/s1. The maximum atomic E-state index is 15.5.